The molecule has 0 aliphatic heterocycles. The second kappa shape index (κ2) is 8.88. The van der Waals surface area contributed by atoms with Crippen LogP contribution in [0.15, 0.2) is 18.3 Å². The highest BCUT2D eigenvalue weighted by molar-refractivity contribution is 5.37. The lowest BCUT2D eigenvalue weighted by Crippen LogP contribution is -2.23. The van der Waals surface area contributed by atoms with Crippen LogP contribution in [-0.4, -0.2) is 55.6 Å². The van der Waals surface area contributed by atoms with Gasteiger partial charge in [0.1, 0.15) is 5.82 Å². The first-order valence-corrected chi connectivity index (χ1v) is 7.14. The number of rotatable bonds is 9. The Kier molecular flexibility index (Phi) is 7.45. The molecule has 0 atom stereocenters. The summed E-state index contributed by atoms with van der Waals surface area (Å²) >= 11 is 0. The number of nitrogens with zero attached hydrogens (tertiary/aromatic N) is 3. The minimum Gasteiger partial charge on any atom is -0.370 e. The minimum atomic E-state index is 0.981. The van der Waals surface area contributed by atoms with Crippen molar-refractivity contribution < 1.29 is 0 Å². The van der Waals surface area contributed by atoms with Crippen molar-refractivity contribution in [2.45, 2.75) is 26.3 Å². The Morgan fingerprint density at radius 3 is 2.68 bits per heavy atom. The average Bonchev–Trinajstić information content (AvgIpc) is 2.36. The van der Waals surface area contributed by atoms with Crippen LogP contribution in [0.25, 0.3) is 0 Å². The molecule has 0 amide bonds. The highest BCUT2D eigenvalue weighted by Crippen LogP contribution is 2.09. The molecule has 1 aromatic rings. The molecule has 0 fully saturated rings. The Morgan fingerprint density at radius 2 is 2.00 bits per heavy atom. The normalized spacial score (nSPS) is 11.3. The quantitative estimate of drug-likeness (QED) is 0.741. The summed E-state index contributed by atoms with van der Waals surface area (Å²) in [4.78, 5) is 8.93. The van der Waals surface area contributed by atoms with E-state index in [1.54, 1.807) is 0 Å². The Labute approximate surface area is 117 Å². The molecule has 0 saturated heterocycles. The molecule has 1 rings (SSSR count). The highest BCUT2D eigenvalue weighted by atomic mass is 15.1. The van der Waals surface area contributed by atoms with Crippen molar-refractivity contribution in [3.63, 3.8) is 0 Å². The van der Waals surface area contributed by atoms with Crippen molar-refractivity contribution in [2.24, 2.45) is 0 Å². The summed E-state index contributed by atoms with van der Waals surface area (Å²) in [6, 6.07) is 4.25. The molecular formula is C15H28N4. The molecule has 0 bridgehead atoms. The molecule has 4 nitrogen and oxygen atoms in total. The third-order valence-corrected chi connectivity index (χ3v) is 2.98. The summed E-state index contributed by atoms with van der Waals surface area (Å²) < 4.78 is 0. The lowest BCUT2D eigenvalue weighted by Gasteiger charge is -2.18. The van der Waals surface area contributed by atoms with E-state index in [4.69, 9.17) is 0 Å². The molecule has 1 N–H and O–H groups in total. The fraction of sp³-hybridized carbons (Fsp3) is 0.667. The van der Waals surface area contributed by atoms with Gasteiger partial charge in [-0.2, -0.15) is 0 Å². The van der Waals surface area contributed by atoms with Crippen LogP contribution in [-0.2, 0) is 6.54 Å². The predicted octanol–water partition coefficient (Wildman–Crippen LogP) is 2.29. The molecule has 4 heteroatoms. The van der Waals surface area contributed by atoms with Gasteiger partial charge in [-0.15, -0.1) is 0 Å². The van der Waals surface area contributed by atoms with E-state index in [9.17, 15) is 0 Å². The SMILES string of the molecule is CCCNc1cc(CN(C)CCCN(C)C)ccn1. The van der Waals surface area contributed by atoms with E-state index in [-0.39, 0.29) is 0 Å². The second-order valence-corrected chi connectivity index (χ2v) is 5.37. The molecule has 1 heterocycles. The predicted molar refractivity (Wildman–Crippen MR) is 82.5 cm³/mol. The number of nitrogens with one attached hydrogen (secondary N) is 1. The van der Waals surface area contributed by atoms with Crippen LogP contribution in [0.3, 0.4) is 0 Å². The molecule has 19 heavy (non-hydrogen) atoms. The zero-order valence-corrected chi connectivity index (χ0v) is 12.8. The maximum absolute atomic E-state index is 4.33. The van der Waals surface area contributed by atoms with E-state index in [0.29, 0.717) is 0 Å². The topological polar surface area (TPSA) is 31.4 Å². The molecule has 0 saturated carbocycles. The first kappa shape index (κ1) is 15.9. The Bertz CT molecular complexity index is 352. The smallest absolute Gasteiger partial charge is 0.126 e. The van der Waals surface area contributed by atoms with Gasteiger partial charge in [-0.1, -0.05) is 6.92 Å². The summed E-state index contributed by atoms with van der Waals surface area (Å²) in [7, 11) is 6.41. The molecule has 0 radical (unpaired) electrons. The summed E-state index contributed by atoms with van der Waals surface area (Å²) in [6.07, 6.45) is 4.22. The molecule has 0 aromatic carbocycles. The maximum Gasteiger partial charge on any atom is 0.126 e. The average molecular weight is 264 g/mol. The second-order valence-electron chi connectivity index (χ2n) is 5.37. The fourth-order valence-electron chi connectivity index (χ4n) is 1.97. The van der Waals surface area contributed by atoms with Gasteiger partial charge in [-0.05, 0) is 64.8 Å². The summed E-state index contributed by atoms with van der Waals surface area (Å²) in [6.45, 7) is 6.39. The van der Waals surface area contributed by atoms with Gasteiger partial charge in [0.05, 0.1) is 0 Å². The third-order valence-electron chi connectivity index (χ3n) is 2.98. The van der Waals surface area contributed by atoms with Crippen LogP contribution in [0.4, 0.5) is 5.82 Å². The van der Waals surface area contributed by atoms with E-state index in [1.807, 2.05) is 6.20 Å². The molecule has 1 aromatic heterocycles. The van der Waals surface area contributed by atoms with Gasteiger partial charge < -0.3 is 15.1 Å². The summed E-state index contributed by atoms with van der Waals surface area (Å²) in [5, 5.41) is 3.33. The summed E-state index contributed by atoms with van der Waals surface area (Å²) in [5.41, 5.74) is 1.32. The Balaban J connectivity index is 2.38. The zero-order chi connectivity index (χ0) is 14.1. The van der Waals surface area contributed by atoms with Crippen LogP contribution >= 0.6 is 0 Å². The van der Waals surface area contributed by atoms with Gasteiger partial charge in [-0.3, -0.25) is 0 Å². The highest BCUT2D eigenvalue weighted by Gasteiger charge is 2.02. The van der Waals surface area contributed by atoms with Crippen molar-refractivity contribution in [1.29, 1.82) is 0 Å². The first-order valence-electron chi connectivity index (χ1n) is 7.14. The van der Waals surface area contributed by atoms with Gasteiger partial charge in [0.25, 0.3) is 0 Å². The van der Waals surface area contributed by atoms with Crippen LogP contribution in [0.2, 0.25) is 0 Å². The van der Waals surface area contributed by atoms with Crippen molar-refractivity contribution >= 4 is 5.82 Å². The standard InChI is InChI=1S/C15H28N4/c1-5-8-16-15-12-14(7-9-17-15)13-19(4)11-6-10-18(2)3/h7,9,12H,5-6,8,10-11,13H2,1-4H3,(H,16,17). The van der Waals surface area contributed by atoms with Crippen LogP contribution in [0, 0.1) is 0 Å². The maximum atomic E-state index is 4.33. The molecule has 0 aliphatic rings. The number of hydrogen-bond acceptors (Lipinski definition) is 4. The van der Waals surface area contributed by atoms with E-state index in [0.717, 1.165) is 38.4 Å². The van der Waals surface area contributed by atoms with Gasteiger partial charge in [0, 0.05) is 19.3 Å². The Morgan fingerprint density at radius 1 is 1.21 bits per heavy atom. The largest absolute Gasteiger partial charge is 0.370 e. The van der Waals surface area contributed by atoms with Crippen molar-refractivity contribution in [3.8, 4) is 0 Å². The van der Waals surface area contributed by atoms with Gasteiger partial charge in [0.2, 0.25) is 0 Å². The van der Waals surface area contributed by atoms with Crippen molar-refractivity contribution in [1.82, 2.24) is 14.8 Å². The Hall–Kier alpha value is -1.13. The van der Waals surface area contributed by atoms with Crippen molar-refractivity contribution in [2.75, 3.05) is 46.1 Å². The summed E-state index contributed by atoms with van der Waals surface area (Å²) in [5.74, 6) is 0.987. The fourth-order valence-corrected chi connectivity index (χ4v) is 1.97. The van der Waals surface area contributed by atoms with E-state index < -0.39 is 0 Å². The molecular weight excluding hydrogens is 236 g/mol. The number of anilines is 1. The monoisotopic (exact) mass is 264 g/mol. The van der Waals surface area contributed by atoms with Crippen LogP contribution < -0.4 is 5.32 Å². The van der Waals surface area contributed by atoms with E-state index >= 15 is 0 Å². The first-order chi connectivity index (χ1) is 9.11. The van der Waals surface area contributed by atoms with Gasteiger partial charge in [0.15, 0.2) is 0 Å². The lowest BCUT2D eigenvalue weighted by atomic mass is 10.2. The van der Waals surface area contributed by atoms with Gasteiger partial charge in [-0.25, -0.2) is 4.98 Å². The molecule has 0 aliphatic carbocycles. The lowest BCUT2D eigenvalue weighted by molar-refractivity contribution is 0.294. The van der Waals surface area contributed by atoms with E-state index in [2.05, 4.69) is 60.3 Å². The minimum absolute atomic E-state index is 0.981. The van der Waals surface area contributed by atoms with Crippen molar-refractivity contribution in [3.05, 3.63) is 23.9 Å². The number of pyridine rings is 1. The number of hydrogen-bond donors (Lipinski definition) is 1. The molecule has 0 spiro atoms. The third kappa shape index (κ3) is 7.13. The number of aromatic nitrogens is 1. The zero-order valence-electron chi connectivity index (χ0n) is 12.8. The van der Waals surface area contributed by atoms with Gasteiger partial charge >= 0.3 is 0 Å². The van der Waals surface area contributed by atoms with Crippen LogP contribution in [0.1, 0.15) is 25.3 Å². The molecule has 0 unspecified atom stereocenters. The van der Waals surface area contributed by atoms with Crippen LogP contribution in [0.5, 0.6) is 0 Å². The molecule has 108 valence electrons. The van der Waals surface area contributed by atoms with E-state index in [1.165, 1.54) is 12.0 Å².